The Bertz CT molecular complexity index is 647. The quantitative estimate of drug-likeness (QED) is 0.871. The Morgan fingerprint density at radius 2 is 1.91 bits per heavy atom. The van der Waals surface area contributed by atoms with Crippen LogP contribution in [0.2, 0.25) is 0 Å². The van der Waals surface area contributed by atoms with E-state index in [1.54, 1.807) is 17.0 Å². The monoisotopic (exact) mass is 301 g/mol. The van der Waals surface area contributed by atoms with Gasteiger partial charge >= 0.3 is 0 Å². The minimum absolute atomic E-state index is 0.0761. The summed E-state index contributed by atoms with van der Waals surface area (Å²) in [6.45, 7) is 0.762. The number of carbonyl (C=O) groups is 1. The van der Waals surface area contributed by atoms with Crippen molar-refractivity contribution < 1.29 is 18.7 Å². The van der Waals surface area contributed by atoms with Crippen molar-refractivity contribution in [3.63, 3.8) is 0 Å². The van der Waals surface area contributed by atoms with Crippen LogP contribution in [-0.4, -0.2) is 30.6 Å². The molecule has 2 aromatic carbocycles. The predicted molar refractivity (Wildman–Crippen MR) is 78.7 cm³/mol. The van der Waals surface area contributed by atoms with Crippen molar-refractivity contribution in [2.75, 3.05) is 19.8 Å². The van der Waals surface area contributed by atoms with Crippen LogP contribution in [0.1, 0.15) is 11.8 Å². The molecule has 5 heteroatoms. The van der Waals surface area contributed by atoms with Crippen LogP contribution in [0.25, 0.3) is 0 Å². The van der Waals surface area contributed by atoms with E-state index in [4.69, 9.17) is 9.47 Å². The second-order valence-corrected chi connectivity index (χ2v) is 4.94. The third kappa shape index (κ3) is 3.09. The Morgan fingerprint density at radius 1 is 1.18 bits per heavy atom. The van der Waals surface area contributed by atoms with E-state index < -0.39 is 12.0 Å². The summed E-state index contributed by atoms with van der Waals surface area (Å²) in [5.41, 5.74) is 0.916. The molecule has 1 aliphatic heterocycles. The van der Waals surface area contributed by atoms with Crippen LogP contribution in [0, 0.1) is 5.82 Å². The van der Waals surface area contributed by atoms with Gasteiger partial charge in [0.1, 0.15) is 0 Å². The van der Waals surface area contributed by atoms with Crippen LogP contribution < -0.4 is 4.74 Å². The van der Waals surface area contributed by atoms with E-state index in [1.807, 2.05) is 30.3 Å². The van der Waals surface area contributed by atoms with Crippen molar-refractivity contribution in [1.82, 2.24) is 4.90 Å². The molecular formula is C17H16FNO3. The summed E-state index contributed by atoms with van der Waals surface area (Å²) in [4.78, 5) is 13.9. The Labute approximate surface area is 128 Å². The molecule has 0 N–H and O–H groups in total. The molecule has 0 aromatic heterocycles. The highest BCUT2D eigenvalue weighted by atomic mass is 19.1. The minimum Gasteiger partial charge on any atom is -0.481 e. The molecule has 1 saturated heterocycles. The maximum absolute atomic E-state index is 13.5. The Morgan fingerprint density at radius 3 is 2.68 bits per heavy atom. The van der Waals surface area contributed by atoms with Crippen LogP contribution in [0.5, 0.6) is 5.75 Å². The second-order valence-electron chi connectivity index (χ2n) is 4.94. The first-order chi connectivity index (χ1) is 10.8. The number of para-hydroxylation sites is 1. The van der Waals surface area contributed by atoms with Crippen molar-refractivity contribution in [2.45, 2.75) is 6.23 Å². The fraction of sp³-hybridized carbons (Fsp3) is 0.235. The van der Waals surface area contributed by atoms with E-state index in [9.17, 15) is 9.18 Å². The molecule has 4 nitrogen and oxygen atoms in total. The molecule has 0 aliphatic carbocycles. The van der Waals surface area contributed by atoms with E-state index in [1.165, 1.54) is 12.1 Å². The van der Waals surface area contributed by atoms with Crippen LogP contribution >= 0.6 is 0 Å². The molecule has 1 amide bonds. The number of rotatable bonds is 4. The molecule has 0 radical (unpaired) electrons. The number of hydrogen-bond acceptors (Lipinski definition) is 3. The third-order valence-corrected chi connectivity index (χ3v) is 3.48. The molecule has 0 spiro atoms. The first-order valence-corrected chi connectivity index (χ1v) is 7.09. The Kier molecular flexibility index (Phi) is 4.34. The number of carbonyl (C=O) groups excluding carboxylic acids is 1. The molecule has 1 atom stereocenters. The summed E-state index contributed by atoms with van der Waals surface area (Å²) in [5.74, 6) is -0.630. The summed E-state index contributed by atoms with van der Waals surface area (Å²) in [6.07, 6.45) is -0.405. The average Bonchev–Trinajstić information content (AvgIpc) is 3.04. The molecule has 0 bridgehead atoms. The van der Waals surface area contributed by atoms with Gasteiger partial charge in [-0.25, -0.2) is 4.39 Å². The zero-order valence-corrected chi connectivity index (χ0v) is 11.9. The van der Waals surface area contributed by atoms with Gasteiger partial charge in [0.2, 0.25) is 0 Å². The second kappa shape index (κ2) is 6.58. The number of halogens is 1. The van der Waals surface area contributed by atoms with Gasteiger partial charge in [0.25, 0.3) is 5.91 Å². The highest BCUT2D eigenvalue weighted by Crippen LogP contribution is 2.26. The summed E-state index contributed by atoms with van der Waals surface area (Å²) in [6, 6.07) is 15.6. The lowest BCUT2D eigenvalue weighted by atomic mass is 10.2. The molecule has 1 fully saturated rings. The normalized spacial score (nSPS) is 17.5. The van der Waals surface area contributed by atoms with Crippen LogP contribution in [0.15, 0.2) is 54.6 Å². The van der Waals surface area contributed by atoms with Gasteiger partial charge in [-0.1, -0.05) is 42.5 Å². The molecule has 1 unspecified atom stereocenters. The fourth-order valence-corrected chi connectivity index (χ4v) is 2.40. The van der Waals surface area contributed by atoms with E-state index >= 15 is 0 Å². The van der Waals surface area contributed by atoms with Gasteiger partial charge in [-0.3, -0.25) is 4.79 Å². The predicted octanol–water partition coefficient (Wildman–Crippen LogP) is 2.76. The lowest BCUT2D eigenvalue weighted by Gasteiger charge is -2.23. The third-order valence-electron chi connectivity index (χ3n) is 3.48. The molecule has 3 rings (SSSR count). The fourth-order valence-electron chi connectivity index (χ4n) is 2.40. The van der Waals surface area contributed by atoms with Crippen LogP contribution in [0.3, 0.4) is 0 Å². The standard InChI is InChI=1S/C17H16FNO3/c18-14-8-4-5-9-15(14)22-12-16(20)19-10-11-21-17(19)13-6-2-1-3-7-13/h1-9,17H,10-12H2. The van der Waals surface area contributed by atoms with Gasteiger partial charge in [-0.05, 0) is 12.1 Å². The Balaban J connectivity index is 1.65. The van der Waals surface area contributed by atoms with Crippen molar-refractivity contribution in [2.24, 2.45) is 0 Å². The zero-order chi connectivity index (χ0) is 15.4. The molecule has 2 aromatic rings. The molecular weight excluding hydrogens is 285 g/mol. The van der Waals surface area contributed by atoms with Crippen LogP contribution in [-0.2, 0) is 9.53 Å². The minimum atomic E-state index is -0.479. The Hall–Kier alpha value is -2.40. The lowest BCUT2D eigenvalue weighted by molar-refractivity contribution is -0.138. The molecule has 1 aliphatic rings. The number of amides is 1. The number of nitrogens with zero attached hydrogens (tertiary/aromatic N) is 1. The number of hydrogen-bond donors (Lipinski definition) is 0. The number of ether oxygens (including phenoxy) is 2. The number of benzene rings is 2. The molecule has 1 heterocycles. The van der Waals surface area contributed by atoms with E-state index in [2.05, 4.69) is 0 Å². The van der Waals surface area contributed by atoms with Gasteiger partial charge in [0.05, 0.1) is 6.61 Å². The SMILES string of the molecule is O=C(COc1ccccc1F)N1CCOC1c1ccccc1. The van der Waals surface area contributed by atoms with Gasteiger partial charge in [-0.2, -0.15) is 0 Å². The zero-order valence-electron chi connectivity index (χ0n) is 11.9. The average molecular weight is 301 g/mol. The summed E-state index contributed by atoms with van der Waals surface area (Å²) in [7, 11) is 0. The largest absolute Gasteiger partial charge is 0.481 e. The summed E-state index contributed by atoms with van der Waals surface area (Å²) in [5, 5.41) is 0. The van der Waals surface area contributed by atoms with Gasteiger partial charge < -0.3 is 14.4 Å². The molecule has 114 valence electrons. The van der Waals surface area contributed by atoms with Crippen molar-refractivity contribution in [3.8, 4) is 5.75 Å². The van der Waals surface area contributed by atoms with Crippen molar-refractivity contribution >= 4 is 5.91 Å². The summed E-state index contributed by atoms with van der Waals surface area (Å²) >= 11 is 0. The van der Waals surface area contributed by atoms with Crippen molar-refractivity contribution in [3.05, 3.63) is 66.0 Å². The maximum atomic E-state index is 13.5. The van der Waals surface area contributed by atoms with Gasteiger partial charge in [0.15, 0.2) is 24.4 Å². The molecule has 22 heavy (non-hydrogen) atoms. The van der Waals surface area contributed by atoms with Crippen LogP contribution in [0.4, 0.5) is 4.39 Å². The van der Waals surface area contributed by atoms with E-state index in [0.29, 0.717) is 13.2 Å². The lowest BCUT2D eigenvalue weighted by Crippen LogP contribution is -2.35. The topological polar surface area (TPSA) is 38.8 Å². The molecule has 0 saturated carbocycles. The smallest absolute Gasteiger partial charge is 0.262 e. The maximum Gasteiger partial charge on any atom is 0.262 e. The first-order valence-electron chi connectivity index (χ1n) is 7.09. The highest BCUT2D eigenvalue weighted by molar-refractivity contribution is 5.78. The van der Waals surface area contributed by atoms with E-state index in [-0.39, 0.29) is 18.3 Å². The van der Waals surface area contributed by atoms with Gasteiger partial charge in [0, 0.05) is 12.1 Å². The summed E-state index contributed by atoms with van der Waals surface area (Å²) < 4.78 is 24.4. The first kappa shape index (κ1) is 14.5. The highest BCUT2D eigenvalue weighted by Gasteiger charge is 2.31. The van der Waals surface area contributed by atoms with Crippen molar-refractivity contribution in [1.29, 1.82) is 0 Å². The van der Waals surface area contributed by atoms with E-state index in [0.717, 1.165) is 5.56 Å². The van der Waals surface area contributed by atoms with Gasteiger partial charge in [-0.15, -0.1) is 0 Å².